The minimum absolute atomic E-state index is 0.106. The summed E-state index contributed by atoms with van der Waals surface area (Å²) < 4.78 is 5.77. The Hall–Kier alpha value is -4.89. The Morgan fingerprint density at radius 3 is 2.19 bits per heavy atom. The first-order valence-corrected chi connectivity index (χ1v) is 16.7. The van der Waals surface area contributed by atoms with E-state index >= 15 is 0 Å². The van der Waals surface area contributed by atoms with Crippen LogP contribution in [0, 0.1) is 0 Å². The second-order valence-corrected chi connectivity index (χ2v) is 12.4. The van der Waals surface area contributed by atoms with Crippen LogP contribution in [-0.2, 0) is 37.5 Å². The molecule has 0 saturated heterocycles. The van der Waals surface area contributed by atoms with Crippen LogP contribution in [0.25, 0.3) is 0 Å². The SMILES string of the molecule is CC(c1ncc[nH]1)N(Cc1ccc(CNc2ccc(CN(C(=O)OCc3ccccc3)C3CCCCC3)cc2)cc1)Cc1ncc[nH]1. The molecule has 1 unspecified atom stereocenters. The van der Waals surface area contributed by atoms with Gasteiger partial charge >= 0.3 is 6.09 Å². The van der Waals surface area contributed by atoms with Crippen LogP contribution in [0.3, 0.4) is 0 Å². The molecule has 1 aliphatic carbocycles. The molecule has 0 bridgehead atoms. The van der Waals surface area contributed by atoms with Crippen molar-refractivity contribution in [2.45, 2.75) is 83.9 Å². The van der Waals surface area contributed by atoms with E-state index in [1.165, 1.54) is 17.5 Å². The number of rotatable bonds is 14. The highest BCUT2D eigenvalue weighted by Crippen LogP contribution is 2.26. The predicted molar refractivity (Wildman–Crippen MR) is 184 cm³/mol. The van der Waals surface area contributed by atoms with Gasteiger partial charge in [-0.2, -0.15) is 0 Å². The molecule has 1 amide bonds. The smallest absolute Gasteiger partial charge is 0.410 e. The molecule has 5 aromatic rings. The molecule has 1 aliphatic rings. The fourth-order valence-electron chi connectivity index (χ4n) is 6.25. The number of carbonyl (C=O) groups excluding carboxylic acids is 1. The zero-order valence-corrected chi connectivity index (χ0v) is 27.1. The zero-order valence-electron chi connectivity index (χ0n) is 27.1. The van der Waals surface area contributed by atoms with E-state index in [2.05, 4.69) is 85.6 Å². The highest BCUT2D eigenvalue weighted by Gasteiger charge is 2.27. The molecule has 1 fully saturated rings. The number of carbonyl (C=O) groups is 1. The number of hydrogen-bond acceptors (Lipinski definition) is 6. The minimum atomic E-state index is -0.231. The number of ether oxygens (including phenoxy) is 1. The van der Waals surface area contributed by atoms with Gasteiger partial charge < -0.3 is 24.9 Å². The highest BCUT2D eigenvalue weighted by atomic mass is 16.6. The monoisotopic (exact) mass is 631 g/mol. The van der Waals surface area contributed by atoms with Gasteiger partial charge in [0.1, 0.15) is 18.3 Å². The number of imidazole rings is 2. The molecule has 9 heteroatoms. The Labute approximate surface area is 277 Å². The Morgan fingerprint density at radius 2 is 1.49 bits per heavy atom. The molecule has 244 valence electrons. The molecule has 1 atom stereocenters. The van der Waals surface area contributed by atoms with Crippen LogP contribution in [0.5, 0.6) is 0 Å². The summed E-state index contributed by atoms with van der Waals surface area (Å²) in [6.07, 6.45) is 12.7. The summed E-state index contributed by atoms with van der Waals surface area (Å²) in [5.41, 5.74) is 5.59. The van der Waals surface area contributed by atoms with Crippen molar-refractivity contribution in [1.82, 2.24) is 29.7 Å². The summed E-state index contributed by atoms with van der Waals surface area (Å²) >= 11 is 0. The summed E-state index contributed by atoms with van der Waals surface area (Å²) in [6, 6.07) is 27.4. The molecule has 0 aliphatic heterocycles. The van der Waals surface area contributed by atoms with Crippen LogP contribution in [0.2, 0.25) is 0 Å². The Balaban J connectivity index is 1.03. The summed E-state index contributed by atoms with van der Waals surface area (Å²) in [6.45, 7) is 5.20. The third-order valence-corrected chi connectivity index (χ3v) is 9.04. The number of amides is 1. The number of H-pyrrole nitrogens is 2. The third-order valence-electron chi connectivity index (χ3n) is 9.04. The average molecular weight is 632 g/mol. The molecule has 6 rings (SSSR count). The zero-order chi connectivity index (χ0) is 32.3. The van der Waals surface area contributed by atoms with Crippen LogP contribution in [-0.4, -0.2) is 41.9 Å². The van der Waals surface area contributed by atoms with Gasteiger partial charge in [-0.1, -0.05) is 86.0 Å². The van der Waals surface area contributed by atoms with Gasteiger partial charge in [-0.25, -0.2) is 14.8 Å². The summed E-state index contributed by atoms with van der Waals surface area (Å²) in [5.74, 6) is 1.87. The second kappa shape index (κ2) is 16.1. The maximum absolute atomic E-state index is 13.3. The van der Waals surface area contributed by atoms with Crippen LogP contribution in [0.15, 0.2) is 104 Å². The molecule has 2 aromatic heterocycles. The largest absolute Gasteiger partial charge is 0.445 e. The number of aromatic amines is 2. The quantitative estimate of drug-likeness (QED) is 0.115. The van der Waals surface area contributed by atoms with E-state index in [0.717, 1.165) is 67.2 Å². The van der Waals surface area contributed by atoms with Crippen molar-refractivity contribution in [3.05, 3.63) is 138 Å². The van der Waals surface area contributed by atoms with Crippen LogP contribution in [0.1, 0.15) is 79.0 Å². The molecule has 1 saturated carbocycles. The van der Waals surface area contributed by atoms with Crippen molar-refractivity contribution in [2.75, 3.05) is 5.32 Å². The number of anilines is 1. The van der Waals surface area contributed by atoms with Crippen molar-refractivity contribution < 1.29 is 9.53 Å². The maximum atomic E-state index is 13.3. The average Bonchev–Trinajstić information content (AvgIpc) is 3.86. The fourth-order valence-corrected chi connectivity index (χ4v) is 6.25. The van der Waals surface area contributed by atoms with E-state index in [-0.39, 0.29) is 18.2 Å². The first kappa shape index (κ1) is 32.1. The van der Waals surface area contributed by atoms with Crippen molar-refractivity contribution in [1.29, 1.82) is 0 Å². The lowest BCUT2D eigenvalue weighted by Crippen LogP contribution is -2.41. The third kappa shape index (κ3) is 9.10. The molecule has 0 radical (unpaired) electrons. The van der Waals surface area contributed by atoms with Crippen molar-refractivity contribution >= 4 is 11.8 Å². The topological polar surface area (TPSA) is 102 Å². The minimum Gasteiger partial charge on any atom is -0.445 e. The van der Waals surface area contributed by atoms with Crippen molar-refractivity contribution in [3.63, 3.8) is 0 Å². The highest BCUT2D eigenvalue weighted by molar-refractivity contribution is 5.68. The normalized spacial score (nSPS) is 14.2. The summed E-state index contributed by atoms with van der Waals surface area (Å²) in [7, 11) is 0. The Kier molecular flexibility index (Phi) is 11.0. The van der Waals surface area contributed by atoms with E-state index in [1.807, 2.05) is 47.6 Å². The van der Waals surface area contributed by atoms with Crippen LogP contribution >= 0.6 is 0 Å². The first-order valence-electron chi connectivity index (χ1n) is 16.7. The lowest BCUT2D eigenvalue weighted by atomic mass is 9.94. The summed E-state index contributed by atoms with van der Waals surface area (Å²) in [5, 5.41) is 3.55. The number of nitrogens with one attached hydrogen (secondary N) is 3. The standard InChI is InChI=1S/C38H45N7O2/c1-29(37-41-22-23-42-37)44(27-36-39-20-21-40-36)25-31-14-12-30(13-15-31)24-43-34-18-16-32(17-19-34)26-45(35-10-6-3-7-11-35)38(46)47-28-33-8-4-2-5-9-33/h2,4-5,8-9,12-23,29,35,43H,3,6-7,10-11,24-28H2,1H3,(H,39,40)(H,41,42). The van der Waals surface area contributed by atoms with E-state index < -0.39 is 0 Å². The van der Waals surface area contributed by atoms with Gasteiger partial charge in [0.2, 0.25) is 0 Å². The van der Waals surface area contributed by atoms with Gasteiger partial charge in [0, 0.05) is 56.2 Å². The van der Waals surface area contributed by atoms with Gasteiger partial charge in [0.05, 0.1) is 12.6 Å². The number of nitrogens with zero attached hydrogens (tertiary/aromatic N) is 4. The van der Waals surface area contributed by atoms with E-state index in [1.54, 1.807) is 12.4 Å². The first-order chi connectivity index (χ1) is 23.1. The molecule has 3 aromatic carbocycles. The Bertz CT molecular complexity index is 1620. The fraction of sp³-hybridized carbons (Fsp3) is 0.342. The van der Waals surface area contributed by atoms with Gasteiger partial charge in [-0.3, -0.25) is 4.90 Å². The molecule has 2 heterocycles. The van der Waals surface area contributed by atoms with Crippen LogP contribution in [0.4, 0.5) is 10.5 Å². The van der Waals surface area contributed by atoms with Gasteiger partial charge in [0.25, 0.3) is 0 Å². The number of aromatic nitrogens is 4. The molecular formula is C38H45N7O2. The number of benzene rings is 3. The van der Waals surface area contributed by atoms with E-state index in [4.69, 9.17) is 4.74 Å². The van der Waals surface area contributed by atoms with Crippen LogP contribution < -0.4 is 5.32 Å². The maximum Gasteiger partial charge on any atom is 0.410 e. The molecule has 47 heavy (non-hydrogen) atoms. The van der Waals surface area contributed by atoms with Crippen molar-refractivity contribution in [3.8, 4) is 0 Å². The van der Waals surface area contributed by atoms with E-state index in [9.17, 15) is 4.79 Å². The summed E-state index contributed by atoms with van der Waals surface area (Å²) in [4.78, 5) is 33.0. The second-order valence-electron chi connectivity index (χ2n) is 12.4. The predicted octanol–water partition coefficient (Wildman–Crippen LogP) is 7.98. The van der Waals surface area contributed by atoms with Gasteiger partial charge in [0.15, 0.2) is 0 Å². The molecular weight excluding hydrogens is 586 g/mol. The Morgan fingerprint density at radius 1 is 0.809 bits per heavy atom. The molecule has 0 spiro atoms. The number of hydrogen-bond donors (Lipinski definition) is 3. The van der Waals surface area contributed by atoms with E-state index in [0.29, 0.717) is 19.7 Å². The van der Waals surface area contributed by atoms with Gasteiger partial charge in [-0.05, 0) is 54.2 Å². The lowest BCUT2D eigenvalue weighted by Gasteiger charge is -2.33. The lowest BCUT2D eigenvalue weighted by molar-refractivity contribution is 0.0683. The molecule has 9 nitrogen and oxygen atoms in total. The molecule has 3 N–H and O–H groups in total. The van der Waals surface area contributed by atoms with Crippen molar-refractivity contribution in [2.24, 2.45) is 0 Å². The van der Waals surface area contributed by atoms with Gasteiger partial charge in [-0.15, -0.1) is 0 Å².